The van der Waals surface area contributed by atoms with Crippen LogP contribution in [0.1, 0.15) is 18.4 Å². The number of hydrogen-bond donors (Lipinski definition) is 1. The normalized spacial score (nSPS) is 16.6. The maximum absolute atomic E-state index is 4.45. The Hall–Kier alpha value is -1.46. The number of guanidine groups is 1. The molecule has 1 aromatic rings. The molecule has 1 aliphatic heterocycles. The Morgan fingerprint density at radius 2 is 1.92 bits per heavy atom. The predicted octanol–water partition coefficient (Wildman–Crippen LogP) is 3.04. The molecular formula is C20H32N4S. The molecule has 2 rings (SSSR count). The van der Waals surface area contributed by atoms with Crippen LogP contribution < -0.4 is 5.32 Å². The van der Waals surface area contributed by atoms with E-state index >= 15 is 0 Å². The predicted molar refractivity (Wildman–Crippen MR) is 112 cm³/mol. The molecule has 0 saturated carbocycles. The second kappa shape index (κ2) is 12.0. The van der Waals surface area contributed by atoms with Gasteiger partial charge in [-0.3, -0.25) is 9.89 Å². The molecule has 0 aliphatic carbocycles. The summed E-state index contributed by atoms with van der Waals surface area (Å²) in [5.41, 5.74) is 1.27. The highest BCUT2D eigenvalue weighted by atomic mass is 32.2. The second-order valence-electron chi connectivity index (χ2n) is 6.27. The van der Waals surface area contributed by atoms with Gasteiger partial charge in [0.2, 0.25) is 0 Å². The summed E-state index contributed by atoms with van der Waals surface area (Å²) in [4.78, 5) is 9.33. The van der Waals surface area contributed by atoms with Crippen LogP contribution in [0.15, 0.2) is 41.4 Å². The zero-order chi connectivity index (χ0) is 17.7. The molecule has 0 radical (unpaired) electrons. The topological polar surface area (TPSA) is 30.9 Å². The average Bonchev–Trinajstić information content (AvgIpc) is 2.66. The van der Waals surface area contributed by atoms with Gasteiger partial charge in [-0.2, -0.15) is 11.8 Å². The Morgan fingerprint density at radius 3 is 2.60 bits per heavy atom. The molecule has 1 aliphatic rings. The molecule has 0 amide bonds. The Balaban J connectivity index is 1.66. The first-order chi connectivity index (χ1) is 12.3. The molecule has 0 bridgehead atoms. The van der Waals surface area contributed by atoms with E-state index in [1.165, 1.54) is 24.2 Å². The smallest absolute Gasteiger partial charge is 0.193 e. The fourth-order valence-corrected chi connectivity index (χ4v) is 3.44. The van der Waals surface area contributed by atoms with E-state index in [1.54, 1.807) is 0 Å². The average molecular weight is 361 g/mol. The van der Waals surface area contributed by atoms with Crippen LogP contribution in [-0.4, -0.2) is 74.1 Å². The minimum absolute atomic E-state index is 1.02. The summed E-state index contributed by atoms with van der Waals surface area (Å²) >= 11 is 1.92. The fraction of sp³-hybridized carbons (Fsp3) is 0.550. The summed E-state index contributed by atoms with van der Waals surface area (Å²) in [5, 5.41) is 3.51. The van der Waals surface area contributed by atoms with Gasteiger partial charge in [-0.25, -0.2) is 0 Å². The van der Waals surface area contributed by atoms with Gasteiger partial charge in [-0.1, -0.05) is 42.5 Å². The van der Waals surface area contributed by atoms with Gasteiger partial charge < -0.3 is 10.2 Å². The highest BCUT2D eigenvalue weighted by molar-refractivity contribution is 7.98. The van der Waals surface area contributed by atoms with Crippen molar-refractivity contribution in [2.75, 3.05) is 58.3 Å². The van der Waals surface area contributed by atoms with E-state index in [0.717, 1.165) is 45.2 Å². The van der Waals surface area contributed by atoms with Crippen LogP contribution in [0.25, 0.3) is 6.08 Å². The van der Waals surface area contributed by atoms with Gasteiger partial charge in [0.25, 0.3) is 0 Å². The molecule has 1 heterocycles. The highest BCUT2D eigenvalue weighted by Gasteiger charge is 2.18. The number of aliphatic imine (C=N–C) groups is 1. The van der Waals surface area contributed by atoms with Crippen molar-refractivity contribution in [2.45, 2.75) is 12.8 Å². The lowest BCUT2D eigenvalue weighted by molar-refractivity contribution is 0.194. The van der Waals surface area contributed by atoms with Gasteiger partial charge in [0.05, 0.1) is 0 Å². The van der Waals surface area contributed by atoms with Gasteiger partial charge in [-0.05, 0) is 30.4 Å². The van der Waals surface area contributed by atoms with Crippen molar-refractivity contribution in [3.05, 3.63) is 42.0 Å². The molecule has 1 fully saturated rings. The van der Waals surface area contributed by atoms with Crippen LogP contribution in [0.5, 0.6) is 0 Å². The van der Waals surface area contributed by atoms with Crippen LogP contribution in [0.2, 0.25) is 0 Å². The zero-order valence-corrected chi connectivity index (χ0v) is 16.5. The molecule has 138 valence electrons. The second-order valence-corrected chi connectivity index (χ2v) is 7.26. The summed E-state index contributed by atoms with van der Waals surface area (Å²) in [5.74, 6) is 2.30. The first-order valence-corrected chi connectivity index (χ1v) is 10.6. The van der Waals surface area contributed by atoms with Crippen LogP contribution in [0.4, 0.5) is 0 Å². The third-order valence-corrected chi connectivity index (χ3v) is 5.11. The largest absolute Gasteiger partial charge is 0.356 e. The number of hydrogen-bond acceptors (Lipinski definition) is 3. The molecule has 0 spiro atoms. The van der Waals surface area contributed by atoms with E-state index in [2.05, 4.69) is 68.8 Å². The summed E-state index contributed by atoms with van der Waals surface area (Å²) in [6.07, 6.45) is 9.13. The minimum atomic E-state index is 1.02. The van der Waals surface area contributed by atoms with E-state index in [0.29, 0.717) is 0 Å². The molecule has 0 unspecified atom stereocenters. The Bertz CT molecular complexity index is 522. The van der Waals surface area contributed by atoms with Crippen molar-refractivity contribution in [2.24, 2.45) is 4.99 Å². The Labute approximate surface area is 157 Å². The highest BCUT2D eigenvalue weighted by Crippen LogP contribution is 2.05. The standard InChI is InChI=1S/C20H32N4S/c1-21-20(22-12-6-7-18-25-2)24-16-14-23(15-17-24)13-8-11-19-9-4-3-5-10-19/h3-5,8-11H,6-7,12-18H2,1-2H3,(H,21,22)/b11-8+. The van der Waals surface area contributed by atoms with E-state index in [4.69, 9.17) is 0 Å². The molecule has 5 heteroatoms. The number of nitrogens with one attached hydrogen (secondary N) is 1. The lowest BCUT2D eigenvalue weighted by Crippen LogP contribution is -2.52. The number of benzene rings is 1. The minimum Gasteiger partial charge on any atom is -0.356 e. The van der Waals surface area contributed by atoms with Crippen molar-refractivity contribution in [3.8, 4) is 0 Å². The summed E-state index contributed by atoms with van der Waals surface area (Å²) in [6, 6.07) is 10.5. The molecule has 1 saturated heterocycles. The van der Waals surface area contributed by atoms with Crippen LogP contribution in [0, 0.1) is 0 Å². The molecule has 25 heavy (non-hydrogen) atoms. The maximum Gasteiger partial charge on any atom is 0.193 e. The Morgan fingerprint density at radius 1 is 1.16 bits per heavy atom. The lowest BCUT2D eigenvalue weighted by Gasteiger charge is -2.36. The summed E-state index contributed by atoms with van der Waals surface area (Å²) in [7, 11) is 1.89. The van der Waals surface area contributed by atoms with Gasteiger partial charge in [0, 0.05) is 46.3 Å². The number of piperazine rings is 1. The molecule has 1 aromatic carbocycles. The first kappa shape index (κ1) is 19.9. The van der Waals surface area contributed by atoms with Crippen molar-refractivity contribution in [3.63, 3.8) is 0 Å². The monoisotopic (exact) mass is 360 g/mol. The number of unbranched alkanes of at least 4 members (excludes halogenated alkanes) is 1. The van der Waals surface area contributed by atoms with Gasteiger partial charge in [0.15, 0.2) is 5.96 Å². The molecule has 0 aromatic heterocycles. The van der Waals surface area contributed by atoms with Gasteiger partial charge in [-0.15, -0.1) is 0 Å². The van der Waals surface area contributed by atoms with Crippen molar-refractivity contribution < 1.29 is 0 Å². The fourth-order valence-electron chi connectivity index (χ4n) is 2.95. The molecular weight excluding hydrogens is 328 g/mol. The molecule has 0 atom stereocenters. The molecule has 4 nitrogen and oxygen atoms in total. The van der Waals surface area contributed by atoms with Crippen LogP contribution in [-0.2, 0) is 0 Å². The van der Waals surface area contributed by atoms with Crippen LogP contribution >= 0.6 is 11.8 Å². The maximum atomic E-state index is 4.45. The van der Waals surface area contributed by atoms with E-state index < -0.39 is 0 Å². The van der Waals surface area contributed by atoms with Crippen molar-refractivity contribution >= 4 is 23.8 Å². The van der Waals surface area contributed by atoms with Crippen LogP contribution in [0.3, 0.4) is 0 Å². The summed E-state index contributed by atoms with van der Waals surface area (Å²) < 4.78 is 0. The lowest BCUT2D eigenvalue weighted by atomic mass is 10.2. The zero-order valence-electron chi connectivity index (χ0n) is 15.7. The number of nitrogens with zero attached hydrogens (tertiary/aromatic N) is 3. The molecule has 1 N–H and O–H groups in total. The Kier molecular flexibility index (Phi) is 9.52. The quantitative estimate of drug-likeness (QED) is 0.439. The van der Waals surface area contributed by atoms with E-state index in [1.807, 2.05) is 18.8 Å². The van der Waals surface area contributed by atoms with E-state index in [9.17, 15) is 0 Å². The van der Waals surface area contributed by atoms with Crippen molar-refractivity contribution in [1.29, 1.82) is 0 Å². The first-order valence-electron chi connectivity index (χ1n) is 9.22. The van der Waals surface area contributed by atoms with Gasteiger partial charge in [0.1, 0.15) is 0 Å². The number of rotatable bonds is 8. The summed E-state index contributed by atoms with van der Waals surface area (Å²) in [6.45, 7) is 6.31. The van der Waals surface area contributed by atoms with Gasteiger partial charge >= 0.3 is 0 Å². The van der Waals surface area contributed by atoms with E-state index in [-0.39, 0.29) is 0 Å². The van der Waals surface area contributed by atoms with Crippen molar-refractivity contribution in [1.82, 2.24) is 15.1 Å². The third kappa shape index (κ3) is 7.53. The third-order valence-electron chi connectivity index (χ3n) is 4.42. The SMILES string of the molecule is CN=C(NCCCCSC)N1CCN(C/C=C/c2ccccc2)CC1. The number of thioether (sulfide) groups is 1.